The third kappa shape index (κ3) is 3.88. The average Bonchev–Trinajstić information content (AvgIpc) is 3.59. The van der Waals surface area contributed by atoms with Gasteiger partial charge in [-0.2, -0.15) is 0 Å². The number of rotatable bonds is 5. The second kappa shape index (κ2) is 8.94. The normalized spacial score (nSPS) is 14.5. The zero-order valence-electron chi connectivity index (χ0n) is 18.8. The van der Waals surface area contributed by atoms with Crippen LogP contribution in [0.25, 0.3) is 21.7 Å². The number of aryl methyl sites for hydroxylation is 1. The molecule has 0 unspecified atom stereocenters. The van der Waals surface area contributed by atoms with Crippen molar-refractivity contribution in [2.45, 2.75) is 32.7 Å². The predicted octanol–water partition coefficient (Wildman–Crippen LogP) is 5.25. The molecule has 7 nitrogen and oxygen atoms in total. The molecule has 1 N–H and O–H groups in total. The molecule has 2 aliphatic rings. The molecule has 4 heterocycles. The van der Waals surface area contributed by atoms with E-state index in [4.69, 9.17) is 9.47 Å². The number of nitrogens with one attached hydrogen (secondary N) is 1. The van der Waals surface area contributed by atoms with E-state index in [0.29, 0.717) is 11.4 Å². The Morgan fingerprint density at radius 2 is 1.94 bits per heavy atom. The molecule has 1 aromatic carbocycles. The SMILES string of the molecule is CCOC(=O)Nc1cc2c(cc1OC)CCn1c(C(=O)N3CCCC3)cc(-c3cccs3)c1-2. The fraction of sp³-hybridized carbons (Fsp3) is 0.360. The number of ether oxygens (including phenoxy) is 2. The van der Waals surface area contributed by atoms with E-state index >= 15 is 0 Å². The summed E-state index contributed by atoms with van der Waals surface area (Å²) in [5, 5.41) is 4.85. The van der Waals surface area contributed by atoms with Gasteiger partial charge in [-0.25, -0.2) is 4.79 Å². The Balaban J connectivity index is 1.66. The minimum atomic E-state index is -0.523. The van der Waals surface area contributed by atoms with Crippen molar-refractivity contribution in [1.29, 1.82) is 0 Å². The summed E-state index contributed by atoms with van der Waals surface area (Å²) in [4.78, 5) is 28.6. The molecule has 1 fully saturated rings. The zero-order chi connectivity index (χ0) is 22.9. The maximum absolute atomic E-state index is 13.4. The number of likely N-dealkylation sites (tertiary alicyclic amines) is 1. The van der Waals surface area contributed by atoms with Crippen LogP contribution in [0, 0.1) is 0 Å². The van der Waals surface area contributed by atoms with E-state index in [-0.39, 0.29) is 12.5 Å². The lowest BCUT2D eigenvalue weighted by atomic mass is 9.94. The number of thiophene rings is 1. The topological polar surface area (TPSA) is 72.8 Å². The van der Waals surface area contributed by atoms with Gasteiger partial charge in [0.1, 0.15) is 11.4 Å². The number of hydrogen-bond acceptors (Lipinski definition) is 5. The number of anilines is 1. The van der Waals surface area contributed by atoms with Gasteiger partial charge in [0, 0.05) is 35.6 Å². The molecule has 5 rings (SSSR count). The standard InChI is InChI=1S/C25H27N3O4S/c1-3-32-25(30)26-19-14-17-16(13-21(19)31-2)8-11-28-20(24(29)27-9-4-5-10-27)15-18(23(17)28)22-7-6-12-33-22/h6-7,12-15H,3-5,8-11H2,1-2H3,(H,26,30). The van der Waals surface area contributed by atoms with Crippen molar-refractivity contribution in [2.75, 3.05) is 32.1 Å². The third-order valence-electron chi connectivity index (χ3n) is 6.29. The smallest absolute Gasteiger partial charge is 0.411 e. The van der Waals surface area contributed by atoms with E-state index in [9.17, 15) is 9.59 Å². The van der Waals surface area contributed by atoms with Crippen LogP contribution in [0.1, 0.15) is 35.8 Å². The number of fused-ring (bicyclic) bond motifs is 3. The monoisotopic (exact) mass is 465 g/mol. The summed E-state index contributed by atoms with van der Waals surface area (Å²) in [6.07, 6.45) is 2.37. The van der Waals surface area contributed by atoms with E-state index in [1.165, 1.54) is 0 Å². The van der Waals surface area contributed by atoms with Crippen LogP contribution in [0.5, 0.6) is 5.75 Å². The maximum atomic E-state index is 13.4. The number of aromatic nitrogens is 1. The van der Waals surface area contributed by atoms with Gasteiger partial charge >= 0.3 is 6.09 Å². The van der Waals surface area contributed by atoms with Crippen LogP contribution in [0.4, 0.5) is 10.5 Å². The number of nitrogens with zero attached hydrogens (tertiary/aromatic N) is 2. The molecule has 172 valence electrons. The molecule has 2 aliphatic heterocycles. The Hall–Kier alpha value is -3.26. The molecule has 0 radical (unpaired) electrons. The van der Waals surface area contributed by atoms with Gasteiger partial charge in [0.15, 0.2) is 0 Å². The first kappa shape index (κ1) is 21.6. The molecule has 3 aromatic rings. The fourth-order valence-corrected chi connectivity index (χ4v) is 5.52. The van der Waals surface area contributed by atoms with Gasteiger partial charge in [0.25, 0.3) is 5.91 Å². The largest absolute Gasteiger partial charge is 0.495 e. The molecule has 0 saturated carbocycles. The van der Waals surface area contributed by atoms with Crippen LogP contribution in [0.3, 0.4) is 0 Å². The molecule has 0 atom stereocenters. The predicted molar refractivity (Wildman–Crippen MR) is 129 cm³/mol. The molecule has 1 saturated heterocycles. The second-order valence-electron chi connectivity index (χ2n) is 8.23. The first-order chi connectivity index (χ1) is 16.1. The van der Waals surface area contributed by atoms with Crippen molar-refractivity contribution in [3.8, 4) is 27.4 Å². The fourth-order valence-electron chi connectivity index (χ4n) is 4.78. The molecular formula is C25H27N3O4S. The first-order valence-corrected chi connectivity index (χ1v) is 12.2. The molecule has 2 amide bonds. The summed E-state index contributed by atoms with van der Waals surface area (Å²) in [6.45, 7) is 4.40. The minimum Gasteiger partial charge on any atom is -0.495 e. The quantitative estimate of drug-likeness (QED) is 0.558. The number of carbonyl (C=O) groups is 2. The Morgan fingerprint density at radius 3 is 2.64 bits per heavy atom. The van der Waals surface area contributed by atoms with Gasteiger partial charge in [0.2, 0.25) is 0 Å². The van der Waals surface area contributed by atoms with Crippen molar-refractivity contribution in [2.24, 2.45) is 0 Å². The van der Waals surface area contributed by atoms with Crippen LogP contribution in [-0.4, -0.2) is 48.3 Å². The molecular weight excluding hydrogens is 438 g/mol. The minimum absolute atomic E-state index is 0.0957. The lowest BCUT2D eigenvalue weighted by Crippen LogP contribution is -2.30. The van der Waals surface area contributed by atoms with Crippen LogP contribution in [0.15, 0.2) is 35.7 Å². The summed E-state index contributed by atoms with van der Waals surface area (Å²) in [5.41, 5.74) is 5.46. The highest BCUT2D eigenvalue weighted by atomic mass is 32.1. The van der Waals surface area contributed by atoms with Crippen molar-refractivity contribution < 1.29 is 19.1 Å². The number of benzene rings is 1. The maximum Gasteiger partial charge on any atom is 0.411 e. The summed E-state index contributed by atoms with van der Waals surface area (Å²) < 4.78 is 12.8. The second-order valence-corrected chi connectivity index (χ2v) is 9.17. The highest BCUT2D eigenvalue weighted by molar-refractivity contribution is 7.13. The highest BCUT2D eigenvalue weighted by Crippen LogP contribution is 2.44. The first-order valence-electron chi connectivity index (χ1n) is 11.3. The van der Waals surface area contributed by atoms with Gasteiger partial charge in [-0.1, -0.05) is 6.07 Å². The van der Waals surface area contributed by atoms with Gasteiger partial charge in [-0.15, -0.1) is 11.3 Å². The lowest BCUT2D eigenvalue weighted by molar-refractivity contribution is 0.0782. The van der Waals surface area contributed by atoms with Gasteiger partial charge in [-0.3, -0.25) is 10.1 Å². The van der Waals surface area contributed by atoms with Crippen molar-refractivity contribution >= 4 is 29.0 Å². The Kier molecular flexibility index (Phi) is 5.85. The van der Waals surface area contributed by atoms with Gasteiger partial charge in [0.05, 0.1) is 25.1 Å². The Morgan fingerprint density at radius 1 is 1.12 bits per heavy atom. The number of amides is 2. The summed E-state index contributed by atoms with van der Waals surface area (Å²) in [7, 11) is 1.59. The summed E-state index contributed by atoms with van der Waals surface area (Å²) in [5.74, 6) is 0.686. The third-order valence-corrected chi connectivity index (χ3v) is 7.20. The number of hydrogen-bond donors (Lipinski definition) is 1. The van der Waals surface area contributed by atoms with E-state index in [1.807, 2.05) is 34.5 Å². The van der Waals surface area contributed by atoms with E-state index in [1.54, 1.807) is 25.4 Å². The van der Waals surface area contributed by atoms with Crippen LogP contribution in [-0.2, 0) is 17.7 Å². The Bertz CT molecular complexity index is 1190. The molecule has 2 aromatic heterocycles. The average molecular weight is 466 g/mol. The summed E-state index contributed by atoms with van der Waals surface area (Å²) in [6, 6.07) is 10.1. The molecule has 33 heavy (non-hydrogen) atoms. The molecule has 0 bridgehead atoms. The lowest BCUT2D eigenvalue weighted by Gasteiger charge is -2.25. The number of carbonyl (C=O) groups excluding carboxylic acids is 2. The molecule has 0 aliphatic carbocycles. The molecule has 0 spiro atoms. The zero-order valence-corrected chi connectivity index (χ0v) is 19.7. The van der Waals surface area contributed by atoms with E-state index in [2.05, 4.69) is 16.0 Å². The van der Waals surface area contributed by atoms with E-state index in [0.717, 1.165) is 71.9 Å². The summed E-state index contributed by atoms with van der Waals surface area (Å²) >= 11 is 1.66. The molecule has 8 heteroatoms. The highest BCUT2D eigenvalue weighted by Gasteiger charge is 2.30. The van der Waals surface area contributed by atoms with Crippen LogP contribution in [0.2, 0.25) is 0 Å². The Labute approximate surface area is 196 Å². The van der Waals surface area contributed by atoms with Gasteiger partial charge in [-0.05, 0) is 61.4 Å². The van der Waals surface area contributed by atoms with E-state index < -0.39 is 6.09 Å². The number of methoxy groups -OCH3 is 1. The van der Waals surface area contributed by atoms with Crippen molar-refractivity contribution in [3.63, 3.8) is 0 Å². The van der Waals surface area contributed by atoms with Crippen LogP contribution < -0.4 is 10.1 Å². The van der Waals surface area contributed by atoms with Crippen molar-refractivity contribution in [1.82, 2.24) is 9.47 Å². The van der Waals surface area contributed by atoms with Crippen molar-refractivity contribution in [3.05, 3.63) is 47.0 Å². The van der Waals surface area contributed by atoms with Gasteiger partial charge < -0.3 is 18.9 Å². The van der Waals surface area contributed by atoms with Crippen LogP contribution >= 0.6 is 11.3 Å².